The van der Waals surface area contributed by atoms with Crippen molar-refractivity contribution in [3.05, 3.63) is 32.9 Å². The van der Waals surface area contributed by atoms with E-state index in [2.05, 4.69) is 31.7 Å². The maximum Gasteiger partial charge on any atom is 0.341 e. The van der Waals surface area contributed by atoms with Gasteiger partial charge in [-0.1, -0.05) is 6.42 Å². The Hall–Kier alpha value is -1.45. The average Bonchev–Trinajstić information content (AvgIpc) is 3.13. The second-order valence-corrected chi connectivity index (χ2v) is 8.85. The molecule has 0 amide bonds. The van der Waals surface area contributed by atoms with Crippen LogP contribution in [0.15, 0.2) is 16.9 Å². The Labute approximate surface area is 176 Å². The second kappa shape index (κ2) is 9.66. The summed E-state index contributed by atoms with van der Waals surface area (Å²) in [5, 5.41) is 12.0. The third-order valence-electron chi connectivity index (χ3n) is 4.49. The van der Waals surface area contributed by atoms with Crippen LogP contribution in [0.5, 0.6) is 0 Å². The van der Waals surface area contributed by atoms with Crippen LogP contribution >= 0.6 is 39.5 Å². The molecular formula is C18H23BrN4O2S2. The highest BCUT2D eigenvalue weighted by Gasteiger charge is 2.25. The van der Waals surface area contributed by atoms with Gasteiger partial charge in [0.2, 0.25) is 0 Å². The Bertz CT molecular complexity index is 818. The second-order valence-electron chi connectivity index (χ2n) is 6.42. The van der Waals surface area contributed by atoms with Gasteiger partial charge in [-0.2, -0.15) is 5.10 Å². The maximum atomic E-state index is 12.3. The molecule has 146 valence electrons. The number of aromatic nitrogens is 2. The highest BCUT2D eigenvalue weighted by molar-refractivity contribution is 9.10. The predicted octanol–water partition coefficient (Wildman–Crippen LogP) is 4.14. The summed E-state index contributed by atoms with van der Waals surface area (Å²) < 4.78 is 7.88. The number of methoxy groups -OCH3 is 1. The quantitative estimate of drug-likeness (QED) is 0.286. The first-order chi connectivity index (χ1) is 13.1. The van der Waals surface area contributed by atoms with Gasteiger partial charge in [0.25, 0.3) is 0 Å². The van der Waals surface area contributed by atoms with Crippen LogP contribution in [0.2, 0.25) is 0 Å². The van der Waals surface area contributed by atoms with Crippen molar-refractivity contribution in [1.29, 1.82) is 0 Å². The Morgan fingerprint density at radius 3 is 2.96 bits per heavy atom. The summed E-state index contributed by atoms with van der Waals surface area (Å²) in [6.07, 6.45) is 10.0. The zero-order valence-electron chi connectivity index (χ0n) is 15.2. The number of anilines is 1. The third-order valence-corrected chi connectivity index (χ3v) is 6.35. The number of ether oxygens (including phenoxy) is 1. The Morgan fingerprint density at radius 1 is 1.41 bits per heavy atom. The number of aryl methyl sites for hydroxylation is 2. The summed E-state index contributed by atoms with van der Waals surface area (Å²) in [4.78, 5) is 13.6. The van der Waals surface area contributed by atoms with E-state index in [9.17, 15) is 4.79 Å². The number of thiophene rings is 1. The van der Waals surface area contributed by atoms with Crippen molar-refractivity contribution in [1.82, 2.24) is 15.1 Å². The van der Waals surface area contributed by atoms with Crippen molar-refractivity contribution in [2.24, 2.45) is 0 Å². The molecule has 6 nitrogen and oxygen atoms in total. The summed E-state index contributed by atoms with van der Waals surface area (Å²) >= 11 is 10.4. The van der Waals surface area contributed by atoms with Crippen LogP contribution in [0, 0.1) is 0 Å². The van der Waals surface area contributed by atoms with Crippen molar-refractivity contribution < 1.29 is 9.53 Å². The van der Waals surface area contributed by atoms with Crippen LogP contribution in [-0.2, 0) is 24.1 Å². The number of esters is 1. The van der Waals surface area contributed by atoms with E-state index in [1.807, 2.05) is 10.9 Å². The molecule has 0 saturated carbocycles. The van der Waals surface area contributed by atoms with Crippen LogP contribution in [0.25, 0.3) is 0 Å². The summed E-state index contributed by atoms with van der Waals surface area (Å²) in [5.41, 5.74) is 1.80. The number of carbonyl (C=O) groups is 1. The van der Waals surface area contributed by atoms with E-state index in [4.69, 9.17) is 17.0 Å². The summed E-state index contributed by atoms with van der Waals surface area (Å²) in [6.45, 7) is 1.53. The molecule has 0 saturated heterocycles. The zero-order valence-corrected chi connectivity index (χ0v) is 18.4. The van der Waals surface area contributed by atoms with Crippen molar-refractivity contribution in [3.8, 4) is 0 Å². The van der Waals surface area contributed by atoms with E-state index < -0.39 is 0 Å². The molecule has 0 bridgehead atoms. The summed E-state index contributed by atoms with van der Waals surface area (Å²) in [6, 6.07) is 0. The lowest BCUT2D eigenvalue weighted by molar-refractivity contribution is 0.0601. The normalized spacial score (nSPS) is 13.6. The van der Waals surface area contributed by atoms with E-state index in [-0.39, 0.29) is 5.97 Å². The van der Waals surface area contributed by atoms with Gasteiger partial charge >= 0.3 is 5.97 Å². The van der Waals surface area contributed by atoms with Gasteiger partial charge in [-0.3, -0.25) is 4.68 Å². The molecule has 0 fully saturated rings. The fraction of sp³-hybridized carbons (Fsp3) is 0.500. The first-order valence-electron chi connectivity index (χ1n) is 9.04. The number of nitrogens with one attached hydrogen (secondary N) is 2. The number of carbonyl (C=O) groups excluding carboxylic acids is 1. The smallest absolute Gasteiger partial charge is 0.341 e. The molecule has 0 unspecified atom stereocenters. The topological polar surface area (TPSA) is 68.2 Å². The van der Waals surface area contributed by atoms with Crippen LogP contribution in [-0.4, -0.2) is 34.5 Å². The molecule has 0 atom stereocenters. The fourth-order valence-electron chi connectivity index (χ4n) is 3.20. The first-order valence-corrected chi connectivity index (χ1v) is 11.1. The van der Waals surface area contributed by atoms with Crippen molar-refractivity contribution >= 4 is 55.6 Å². The Kier molecular flexibility index (Phi) is 7.26. The molecule has 0 aliphatic heterocycles. The van der Waals surface area contributed by atoms with Crippen LogP contribution in [0.3, 0.4) is 0 Å². The number of rotatable bonds is 6. The van der Waals surface area contributed by atoms with E-state index in [1.54, 1.807) is 17.5 Å². The maximum absolute atomic E-state index is 12.3. The molecule has 27 heavy (non-hydrogen) atoms. The van der Waals surface area contributed by atoms with Gasteiger partial charge in [0.15, 0.2) is 5.11 Å². The molecule has 2 heterocycles. The predicted molar refractivity (Wildman–Crippen MR) is 116 cm³/mol. The molecule has 2 N–H and O–H groups in total. The molecule has 0 aromatic carbocycles. The largest absolute Gasteiger partial charge is 0.465 e. The zero-order chi connectivity index (χ0) is 19.2. The lowest BCUT2D eigenvalue weighted by Gasteiger charge is -2.11. The van der Waals surface area contributed by atoms with E-state index in [0.717, 1.165) is 53.8 Å². The molecule has 1 aliphatic rings. The lowest BCUT2D eigenvalue weighted by atomic mass is 10.1. The van der Waals surface area contributed by atoms with E-state index in [0.29, 0.717) is 10.7 Å². The van der Waals surface area contributed by atoms with E-state index >= 15 is 0 Å². The average molecular weight is 471 g/mol. The minimum absolute atomic E-state index is 0.288. The first kappa shape index (κ1) is 20.3. The monoisotopic (exact) mass is 470 g/mol. The fourth-order valence-corrected chi connectivity index (χ4v) is 5.08. The molecule has 2 aromatic rings. The van der Waals surface area contributed by atoms with Crippen molar-refractivity contribution in [3.63, 3.8) is 0 Å². The SMILES string of the molecule is COC(=O)c1c(NC(=S)NCCCn2cc(Br)cn2)sc2c1CCCCC2. The number of nitrogens with zero attached hydrogens (tertiary/aromatic N) is 2. The molecule has 0 spiro atoms. The number of hydrogen-bond donors (Lipinski definition) is 2. The minimum Gasteiger partial charge on any atom is -0.465 e. The highest BCUT2D eigenvalue weighted by atomic mass is 79.9. The van der Waals surface area contributed by atoms with Gasteiger partial charge in [-0.05, 0) is 65.8 Å². The minimum atomic E-state index is -0.288. The van der Waals surface area contributed by atoms with Gasteiger partial charge in [0.05, 0.1) is 23.3 Å². The lowest BCUT2D eigenvalue weighted by Crippen LogP contribution is -2.30. The van der Waals surface area contributed by atoms with Crippen LogP contribution in [0.1, 0.15) is 46.5 Å². The van der Waals surface area contributed by atoms with Gasteiger partial charge in [-0.25, -0.2) is 4.79 Å². The molecule has 0 radical (unpaired) electrons. The van der Waals surface area contributed by atoms with Gasteiger partial charge in [0.1, 0.15) is 5.00 Å². The van der Waals surface area contributed by atoms with Gasteiger partial charge < -0.3 is 15.4 Å². The van der Waals surface area contributed by atoms with Gasteiger partial charge in [-0.15, -0.1) is 11.3 Å². The van der Waals surface area contributed by atoms with E-state index in [1.165, 1.54) is 24.8 Å². The molecule has 3 rings (SSSR count). The highest BCUT2D eigenvalue weighted by Crippen LogP contribution is 2.37. The summed E-state index contributed by atoms with van der Waals surface area (Å²) in [5.74, 6) is -0.288. The molecule has 9 heteroatoms. The number of fused-ring (bicyclic) bond motifs is 1. The standard InChI is InChI=1S/C18H23BrN4O2S2/c1-25-17(24)15-13-6-3-2-4-7-14(13)27-16(15)22-18(26)20-8-5-9-23-11-12(19)10-21-23/h10-11H,2-9H2,1H3,(H2,20,22,26). The Morgan fingerprint density at radius 2 is 2.22 bits per heavy atom. The Balaban J connectivity index is 1.59. The molecular weight excluding hydrogens is 448 g/mol. The van der Waals surface area contributed by atoms with Crippen molar-refractivity contribution in [2.45, 2.75) is 45.1 Å². The van der Waals surface area contributed by atoms with Crippen LogP contribution in [0.4, 0.5) is 5.00 Å². The van der Waals surface area contributed by atoms with Gasteiger partial charge in [0, 0.05) is 24.2 Å². The number of thiocarbonyl (C=S) groups is 1. The summed E-state index contributed by atoms with van der Waals surface area (Å²) in [7, 11) is 1.43. The van der Waals surface area contributed by atoms with Crippen molar-refractivity contribution in [2.75, 3.05) is 19.0 Å². The molecule has 2 aromatic heterocycles. The number of hydrogen-bond acceptors (Lipinski definition) is 5. The number of halogens is 1. The third kappa shape index (κ3) is 5.30. The molecule has 1 aliphatic carbocycles. The van der Waals surface area contributed by atoms with Crippen LogP contribution < -0.4 is 10.6 Å².